The van der Waals surface area contributed by atoms with Gasteiger partial charge in [-0.25, -0.2) is 4.98 Å². The molecule has 10 heteroatoms. The van der Waals surface area contributed by atoms with Crippen molar-refractivity contribution in [2.45, 2.75) is 43.8 Å². The number of benzene rings is 3. The van der Waals surface area contributed by atoms with Crippen LogP contribution in [0.3, 0.4) is 0 Å². The quantitative estimate of drug-likeness (QED) is 0.202. The third-order valence-electron chi connectivity index (χ3n) is 10.3. The molecule has 2 bridgehead atoms. The number of para-hydroxylation sites is 1. The van der Waals surface area contributed by atoms with E-state index in [1.807, 2.05) is 31.3 Å². The van der Waals surface area contributed by atoms with Gasteiger partial charge in [0.25, 0.3) is 0 Å². The number of aryl methyl sites for hydroxylation is 1. The first-order valence-electron chi connectivity index (χ1n) is 15.5. The molecule has 3 fully saturated rings. The molecule has 3 aliphatic rings. The summed E-state index contributed by atoms with van der Waals surface area (Å²) in [7, 11) is 3.62. The number of fused-ring (bicyclic) bond motifs is 4. The molecule has 9 nitrogen and oxygen atoms in total. The highest BCUT2D eigenvalue weighted by atomic mass is 35.5. The van der Waals surface area contributed by atoms with Gasteiger partial charge in [-0.3, -0.25) is 9.59 Å². The predicted octanol–water partition coefficient (Wildman–Crippen LogP) is 5.29. The van der Waals surface area contributed by atoms with Crippen LogP contribution < -0.4 is 21.5 Å². The molecule has 5 aromatic rings. The van der Waals surface area contributed by atoms with Crippen molar-refractivity contribution in [2.75, 3.05) is 13.7 Å². The molecule has 0 unspecified atom stereocenters. The average Bonchev–Trinajstić information content (AvgIpc) is 3.45. The van der Waals surface area contributed by atoms with E-state index in [1.165, 1.54) is 12.8 Å². The van der Waals surface area contributed by atoms with Gasteiger partial charge in [0.05, 0.1) is 40.0 Å². The Kier molecular flexibility index (Phi) is 6.40. The molecular formula is C35H35ClN6O3. The molecule has 0 spiro atoms. The van der Waals surface area contributed by atoms with Gasteiger partial charge < -0.3 is 30.7 Å². The van der Waals surface area contributed by atoms with Crippen LogP contribution in [0.25, 0.3) is 44.6 Å². The van der Waals surface area contributed by atoms with Crippen LogP contribution in [0, 0.1) is 11.8 Å². The number of methoxy groups -OCH3 is 1. The zero-order valence-corrected chi connectivity index (χ0v) is 26.0. The monoisotopic (exact) mass is 622 g/mol. The normalized spacial score (nSPS) is 22.5. The number of aromatic nitrogens is 3. The molecule has 1 saturated heterocycles. The number of ether oxygens (including phenoxy) is 1. The second kappa shape index (κ2) is 10.2. The fourth-order valence-electron chi connectivity index (χ4n) is 7.71. The van der Waals surface area contributed by atoms with E-state index in [1.54, 1.807) is 19.2 Å². The molecule has 2 aromatic heterocycles. The van der Waals surface area contributed by atoms with Gasteiger partial charge in [0.2, 0.25) is 5.91 Å². The van der Waals surface area contributed by atoms with Crippen LogP contribution in [0.1, 0.15) is 46.4 Å². The Morgan fingerprint density at radius 3 is 2.58 bits per heavy atom. The van der Waals surface area contributed by atoms with E-state index in [9.17, 15) is 9.59 Å². The second-order valence-electron chi connectivity index (χ2n) is 12.9. The minimum atomic E-state index is -0.730. The van der Waals surface area contributed by atoms with Gasteiger partial charge in [-0.05, 0) is 73.4 Å². The first-order chi connectivity index (χ1) is 21.7. The number of hydrogen-bond acceptors (Lipinski definition) is 6. The van der Waals surface area contributed by atoms with Crippen LogP contribution in [-0.2, 0) is 13.6 Å². The van der Waals surface area contributed by atoms with Crippen molar-refractivity contribution in [3.8, 4) is 28.4 Å². The molecule has 3 atom stereocenters. The van der Waals surface area contributed by atoms with Crippen molar-refractivity contribution in [2.24, 2.45) is 30.4 Å². The fraction of sp³-hybridized carbons (Fsp3) is 0.343. The molecule has 0 radical (unpaired) electrons. The van der Waals surface area contributed by atoms with Crippen LogP contribution in [0.15, 0.2) is 54.6 Å². The Labute approximate surface area is 265 Å². The number of halogens is 1. The largest absolute Gasteiger partial charge is 0.494 e. The number of imidazole rings is 1. The summed E-state index contributed by atoms with van der Waals surface area (Å²) in [6, 6.07) is 17.3. The van der Waals surface area contributed by atoms with Crippen LogP contribution in [0.2, 0.25) is 5.02 Å². The summed E-state index contributed by atoms with van der Waals surface area (Å²) in [4.78, 5) is 31.0. The maximum Gasteiger partial charge on any atom is 0.250 e. The first-order valence-corrected chi connectivity index (χ1v) is 15.9. The number of Topliss-reactive ketones (excluding diaryl/α,β-unsaturated/α-hetero) is 1. The zero-order chi connectivity index (χ0) is 31.2. The molecule has 3 heterocycles. The third kappa shape index (κ3) is 4.25. The summed E-state index contributed by atoms with van der Waals surface area (Å²) in [5, 5.41) is 4.85. The van der Waals surface area contributed by atoms with Gasteiger partial charge >= 0.3 is 0 Å². The Bertz CT molecular complexity index is 2050. The van der Waals surface area contributed by atoms with Gasteiger partial charge in [-0.1, -0.05) is 35.9 Å². The Balaban J connectivity index is 1.29. The van der Waals surface area contributed by atoms with Gasteiger partial charge in [0, 0.05) is 42.7 Å². The standard InChI is InChI=1S/C35H35ClN6O3/c1-41-30-26(13-22(15-28(30)45-2)32(43)35-11-10-21(16-39-35)31(35)37)40-34(41)27-14-20-4-3-5-23(29(20)42(27)17-18-6-7-18)19-8-9-24(33(38)44)25(36)12-19/h3-5,8-9,12-15,18,21,31,39H,6-7,10-11,16-17,37H2,1-2H3,(H2,38,44)/t21-,31-,35-/m1/s1. The van der Waals surface area contributed by atoms with E-state index in [0.29, 0.717) is 39.3 Å². The minimum Gasteiger partial charge on any atom is -0.494 e. The van der Waals surface area contributed by atoms with E-state index in [4.69, 9.17) is 32.8 Å². The van der Waals surface area contributed by atoms with E-state index in [0.717, 1.165) is 65.0 Å². The molecule has 5 N–H and O–H groups in total. The number of hydrogen-bond donors (Lipinski definition) is 3. The maximum atomic E-state index is 14.0. The van der Waals surface area contributed by atoms with Crippen LogP contribution in [-0.4, -0.2) is 51.0 Å². The fourth-order valence-corrected chi connectivity index (χ4v) is 7.99. The summed E-state index contributed by atoms with van der Waals surface area (Å²) < 4.78 is 10.3. The molecule has 2 saturated carbocycles. The highest BCUT2D eigenvalue weighted by Gasteiger charge is 2.56. The number of nitrogens with two attached hydrogens (primary N) is 2. The lowest BCUT2D eigenvalue weighted by atomic mass is 9.85. The van der Waals surface area contributed by atoms with E-state index in [-0.39, 0.29) is 11.8 Å². The Morgan fingerprint density at radius 2 is 1.93 bits per heavy atom. The summed E-state index contributed by atoms with van der Waals surface area (Å²) >= 11 is 6.49. The molecule has 2 aliphatic carbocycles. The van der Waals surface area contributed by atoms with Gasteiger partial charge in [0.15, 0.2) is 11.6 Å². The number of nitrogens with one attached hydrogen (secondary N) is 1. The predicted molar refractivity (Wildman–Crippen MR) is 176 cm³/mol. The number of carbonyl (C=O) groups is 2. The number of rotatable bonds is 8. The lowest BCUT2D eigenvalue weighted by molar-refractivity contribution is 0.0858. The number of piperidine rings is 1. The van der Waals surface area contributed by atoms with Crippen molar-refractivity contribution < 1.29 is 14.3 Å². The third-order valence-corrected chi connectivity index (χ3v) is 10.6. The average molecular weight is 623 g/mol. The smallest absolute Gasteiger partial charge is 0.250 e. The highest BCUT2D eigenvalue weighted by Crippen LogP contribution is 2.44. The van der Waals surface area contributed by atoms with Crippen molar-refractivity contribution in [3.63, 3.8) is 0 Å². The SMILES string of the molecule is COc1cc(C(=O)[C@]23CC[C@H](CN2)[C@H]3N)cc2nc(-c3cc4cccc(-c5ccc(C(N)=O)c(Cl)c5)c4n3CC3CC3)n(C)c12. The van der Waals surface area contributed by atoms with Crippen LogP contribution in [0.4, 0.5) is 0 Å². The molecule has 8 rings (SSSR count). The lowest BCUT2D eigenvalue weighted by Gasteiger charge is -2.29. The van der Waals surface area contributed by atoms with Crippen molar-refractivity contribution >= 4 is 45.2 Å². The van der Waals surface area contributed by atoms with E-state index < -0.39 is 11.4 Å². The first kappa shape index (κ1) is 28.3. The molecule has 45 heavy (non-hydrogen) atoms. The van der Waals surface area contributed by atoms with Crippen molar-refractivity contribution in [1.82, 2.24) is 19.4 Å². The lowest BCUT2D eigenvalue weighted by Crippen LogP contribution is -2.56. The summed E-state index contributed by atoms with van der Waals surface area (Å²) in [5.41, 5.74) is 17.7. The van der Waals surface area contributed by atoms with Crippen LogP contribution in [0.5, 0.6) is 5.75 Å². The number of nitrogens with zero attached hydrogens (tertiary/aromatic N) is 3. The molecule has 3 aromatic carbocycles. The van der Waals surface area contributed by atoms with Crippen molar-refractivity contribution in [3.05, 3.63) is 70.7 Å². The number of amides is 1. The molecule has 1 aliphatic heterocycles. The summed E-state index contributed by atoms with van der Waals surface area (Å²) in [6.45, 7) is 1.62. The molecule has 1 amide bonds. The van der Waals surface area contributed by atoms with Gasteiger partial charge in [-0.15, -0.1) is 0 Å². The zero-order valence-electron chi connectivity index (χ0n) is 25.3. The highest BCUT2D eigenvalue weighted by molar-refractivity contribution is 6.34. The Hall–Kier alpha value is -4.18. The van der Waals surface area contributed by atoms with Gasteiger partial charge in [0.1, 0.15) is 11.3 Å². The summed E-state index contributed by atoms with van der Waals surface area (Å²) in [5.74, 6) is 1.75. The van der Waals surface area contributed by atoms with E-state index >= 15 is 0 Å². The number of primary amides is 1. The topological polar surface area (TPSA) is 130 Å². The summed E-state index contributed by atoms with van der Waals surface area (Å²) in [6.07, 6.45) is 4.07. The number of ketones is 1. The molecule has 230 valence electrons. The maximum absolute atomic E-state index is 14.0. The Morgan fingerprint density at radius 1 is 1.11 bits per heavy atom. The van der Waals surface area contributed by atoms with E-state index in [2.05, 4.69) is 32.7 Å². The van der Waals surface area contributed by atoms with Crippen LogP contribution >= 0.6 is 11.6 Å². The number of carbonyl (C=O) groups excluding carboxylic acids is 2. The molecular weight excluding hydrogens is 588 g/mol. The van der Waals surface area contributed by atoms with Crippen molar-refractivity contribution in [1.29, 1.82) is 0 Å². The second-order valence-corrected chi connectivity index (χ2v) is 13.3. The minimum absolute atomic E-state index is 0.0101. The van der Waals surface area contributed by atoms with Gasteiger partial charge in [-0.2, -0.15) is 0 Å².